The van der Waals surface area contributed by atoms with Crippen molar-refractivity contribution >= 4 is 17.7 Å². The average Bonchev–Trinajstić information content (AvgIpc) is 2.11. The second kappa shape index (κ2) is 7.01. The van der Waals surface area contributed by atoms with E-state index >= 15 is 0 Å². The first kappa shape index (κ1) is 15.6. The Kier molecular flexibility index (Phi) is 6.82. The summed E-state index contributed by atoms with van der Waals surface area (Å²) >= 11 is 0.552. The Balaban J connectivity index is 3.71. The summed E-state index contributed by atoms with van der Waals surface area (Å²) in [4.78, 5) is 12.6. The number of hydrogen-bond acceptors (Lipinski definition) is 3. The number of amides is 1. The fraction of sp³-hybridized carbons (Fsp3) is 0.889. The molecule has 0 aromatic heterocycles. The molecule has 96 valence electrons. The largest absolute Gasteiger partial charge is 0.397 e. The Morgan fingerprint density at radius 3 is 2.50 bits per heavy atom. The van der Waals surface area contributed by atoms with Gasteiger partial charge in [0.2, 0.25) is 5.91 Å². The summed E-state index contributed by atoms with van der Waals surface area (Å²) in [5, 5.41) is 8.97. The van der Waals surface area contributed by atoms with Crippen molar-refractivity contribution in [1.82, 2.24) is 4.90 Å². The summed E-state index contributed by atoms with van der Waals surface area (Å²) in [6, 6.07) is 0. The highest BCUT2D eigenvalue weighted by Crippen LogP contribution is 2.21. The third kappa shape index (κ3) is 8.84. The van der Waals surface area contributed by atoms with E-state index in [4.69, 9.17) is 5.11 Å². The summed E-state index contributed by atoms with van der Waals surface area (Å²) in [5.74, 6) is -1.55. The molecule has 1 N–H and O–H groups in total. The number of alkyl halides is 3. The molecule has 0 saturated heterocycles. The number of aliphatic hydroxyl groups is 1. The van der Waals surface area contributed by atoms with E-state index in [1.807, 2.05) is 0 Å². The molecule has 0 spiro atoms. The van der Waals surface area contributed by atoms with Gasteiger partial charge in [-0.15, -0.1) is 11.8 Å². The topological polar surface area (TPSA) is 40.5 Å². The summed E-state index contributed by atoms with van der Waals surface area (Å²) in [7, 11) is 1.51. The second-order valence-electron chi connectivity index (χ2n) is 3.56. The summed E-state index contributed by atoms with van der Waals surface area (Å²) in [6.07, 6.45) is -4.33. The van der Waals surface area contributed by atoms with Crippen LogP contribution in [0.15, 0.2) is 0 Å². The molecule has 0 fully saturated rings. The van der Waals surface area contributed by atoms with Gasteiger partial charge >= 0.3 is 6.18 Å². The fourth-order valence-electron chi connectivity index (χ4n) is 0.869. The first-order valence-corrected chi connectivity index (χ1v) is 5.94. The van der Waals surface area contributed by atoms with Gasteiger partial charge in [0.05, 0.1) is 17.6 Å². The molecule has 0 aliphatic carbocycles. The van der Waals surface area contributed by atoms with Crippen LogP contribution in [0, 0.1) is 0 Å². The Hall–Kier alpha value is -0.430. The minimum absolute atomic E-state index is 0.185. The van der Waals surface area contributed by atoms with Crippen LogP contribution in [-0.4, -0.2) is 53.3 Å². The second-order valence-corrected chi connectivity index (χ2v) is 4.55. The molecule has 1 unspecified atom stereocenters. The summed E-state index contributed by atoms with van der Waals surface area (Å²) in [6.45, 7) is 1.94. The predicted octanol–water partition coefficient (Wildman–Crippen LogP) is 1.51. The summed E-state index contributed by atoms with van der Waals surface area (Å²) < 4.78 is 35.3. The highest BCUT2D eigenvalue weighted by Gasteiger charge is 2.27. The van der Waals surface area contributed by atoms with Gasteiger partial charge in [-0.25, -0.2) is 0 Å². The van der Waals surface area contributed by atoms with Crippen LogP contribution in [0.3, 0.4) is 0 Å². The van der Waals surface area contributed by atoms with Crippen LogP contribution in [0.5, 0.6) is 0 Å². The number of carbonyl (C=O) groups is 1. The molecule has 0 rings (SSSR count). The smallest absolute Gasteiger partial charge is 0.393 e. The molecule has 0 aromatic carbocycles. The van der Waals surface area contributed by atoms with Crippen molar-refractivity contribution in [2.45, 2.75) is 25.6 Å². The molecule has 1 amide bonds. The molecular formula is C9H16F3NO2S. The van der Waals surface area contributed by atoms with Gasteiger partial charge in [0.15, 0.2) is 0 Å². The van der Waals surface area contributed by atoms with E-state index in [-0.39, 0.29) is 11.7 Å². The normalized spacial score (nSPS) is 13.6. The van der Waals surface area contributed by atoms with E-state index in [2.05, 4.69) is 0 Å². The maximum atomic E-state index is 11.8. The van der Waals surface area contributed by atoms with Crippen LogP contribution in [0.25, 0.3) is 0 Å². The third-order valence-electron chi connectivity index (χ3n) is 1.80. The van der Waals surface area contributed by atoms with Gasteiger partial charge < -0.3 is 10.0 Å². The zero-order chi connectivity index (χ0) is 12.8. The highest BCUT2D eigenvalue weighted by atomic mass is 32.2. The van der Waals surface area contributed by atoms with Crippen molar-refractivity contribution in [2.75, 3.05) is 25.1 Å². The van der Waals surface area contributed by atoms with Crippen molar-refractivity contribution in [3.63, 3.8) is 0 Å². The number of nitrogens with zero attached hydrogens (tertiary/aromatic N) is 1. The molecule has 0 aromatic rings. The number of carbonyl (C=O) groups excluding carboxylic acids is 1. The SMILES string of the molecule is CC(O)CCN(C)C(=O)CSCC(F)(F)F. The van der Waals surface area contributed by atoms with E-state index in [0.29, 0.717) is 24.7 Å². The number of halogens is 3. The lowest BCUT2D eigenvalue weighted by Gasteiger charge is -2.17. The maximum Gasteiger partial charge on any atom is 0.397 e. The molecule has 1 atom stereocenters. The Morgan fingerprint density at radius 2 is 2.06 bits per heavy atom. The van der Waals surface area contributed by atoms with E-state index in [1.54, 1.807) is 6.92 Å². The first-order valence-electron chi connectivity index (χ1n) is 4.79. The minimum atomic E-state index is -4.23. The van der Waals surface area contributed by atoms with E-state index in [9.17, 15) is 18.0 Å². The van der Waals surface area contributed by atoms with Crippen LogP contribution >= 0.6 is 11.8 Å². The molecular weight excluding hydrogens is 243 g/mol. The number of rotatable bonds is 6. The predicted molar refractivity (Wildman–Crippen MR) is 57.3 cm³/mol. The van der Waals surface area contributed by atoms with Crippen molar-refractivity contribution in [3.05, 3.63) is 0 Å². The molecule has 0 heterocycles. The maximum absolute atomic E-state index is 11.8. The molecule has 3 nitrogen and oxygen atoms in total. The van der Waals surface area contributed by atoms with E-state index in [0.717, 1.165) is 0 Å². The monoisotopic (exact) mass is 259 g/mol. The van der Waals surface area contributed by atoms with Crippen LogP contribution in [0.4, 0.5) is 13.2 Å². The van der Waals surface area contributed by atoms with Gasteiger partial charge in [0, 0.05) is 13.6 Å². The molecule has 0 aliphatic heterocycles. The lowest BCUT2D eigenvalue weighted by atomic mass is 10.3. The Bertz CT molecular complexity index is 221. The average molecular weight is 259 g/mol. The van der Waals surface area contributed by atoms with Gasteiger partial charge in [-0.05, 0) is 13.3 Å². The zero-order valence-corrected chi connectivity index (χ0v) is 10.1. The van der Waals surface area contributed by atoms with E-state index in [1.165, 1.54) is 11.9 Å². The van der Waals surface area contributed by atoms with E-state index < -0.39 is 18.0 Å². The Morgan fingerprint density at radius 1 is 1.50 bits per heavy atom. The third-order valence-corrected chi connectivity index (χ3v) is 2.78. The standard InChI is InChI=1S/C9H16F3NO2S/c1-7(14)3-4-13(2)8(15)5-16-6-9(10,11)12/h7,14H,3-6H2,1-2H3. The lowest BCUT2D eigenvalue weighted by molar-refractivity contribution is -0.127. The van der Waals surface area contributed by atoms with Crippen molar-refractivity contribution in [3.8, 4) is 0 Å². The van der Waals surface area contributed by atoms with Crippen LogP contribution in [0.1, 0.15) is 13.3 Å². The highest BCUT2D eigenvalue weighted by molar-refractivity contribution is 8.00. The fourth-order valence-corrected chi connectivity index (χ4v) is 1.60. The van der Waals surface area contributed by atoms with Gasteiger partial charge in [-0.3, -0.25) is 4.79 Å². The summed E-state index contributed by atoms with van der Waals surface area (Å²) in [5.41, 5.74) is 0. The molecule has 0 saturated carbocycles. The van der Waals surface area contributed by atoms with Crippen molar-refractivity contribution in [1.29, 1.82) is 0 Å². The number of aliphatic hydroxyl groups excluding tert-OH is 1. The van der Waals surface area contributed by atoms with Gasteiger partial charge in [0.25, 0.3) is 0 Å². The quantitative estimate of drug-likeness (QED) is 0.786. The van der Waals surface area contributed by atoms with Crippen molar-refractivity contribution in [2.24, 2.45) is 0 Å². The molecule has 16 heavy (non-hydrogen) atoms. The molecule has 7 heteroatoms. The molecule has 0 radical (unpaired) electrons. The lowest BCUT2D eigenvalue weighted by Crippen LogP contribution is -2.31. The van der Waals surface area contributed by atoms with Crippen molar-refractivity contribution < 1.29 is 23.1 Å². The Labute approximate surface area is 97.0 Å². The van der Waals surface area contributed by atoms with Crippen LogP contribution in [0.2, 0.25) is 0 Å². The van der Waals surface area contributed by atoms with Crippen LogP contribution < -0.4 is 0 Å². The van der Waals surface area contributed by atoms with Gasteiger partial charge in [-0.2, -0.15) is 13.2 Å². The van der Waals surface area contributed by atoms with Gasteiger partial charge in [-0.1, -0.05) is 0 Å². The van der Waals surface area contributed by atoms with Crippen LogP contribution in [-0.2, 0) is 4.79 Å². The molecule has 0 bridgehead atoms. The number of thioether (sulfide) groups is 1. The number of hydrogen-bond donors (Lipinski definition) is 1. The first-order chi connectivity index (χ1) is 7.22. The zero-order valence-electron chi connectivity index (χ0n) is 9.25. The van der Waals surface area contributed by atoms with Gasteiger partial charge in [0.1, 0.15) is 0 Å². The molecule has 0 aliphatic rings. The minimum Gasteiger partial charge on any atom is -0.393 e.